The van der Waals surface area contributed by atoms with Crippen molar-refractivity contribution in [2.75, 3.05) is 6.54 Å². The van der Waals surface area contributed by atoms with Crippen LogP contribution in [0.25, 0.3) is 0 Å². The zero-order chi connectivity index (χ0) is 14.5. The second-order valence-corrected chi connectivity index (χ2v) is 6.71. The molecule has 1 N–H and O–H groups in total. The van der Waals surface area contributed by atoms with E-state index < -0.39 is 0 Å². The summed E-state index contributed by atoms with van der Waals surface area (Å²) in [7, 11) is 0. The van der Waals surface area contributed by atoms with Gasteiger partial charge in [0.05, 0.1) is 6.10 Å². The molecule has 1 fully saturated rings. The van der Waals surface area contributed by atoms with Gasteiger partial charge in [0.1, 0.15) is 5.82 Å². The van der Waals surface area contributed by atoms with Crippen LogP contribution in [0.4, 0.5) is 4.39 Å². The molecule has 1 heterocycles. The van der Waals surface area contributed by atoms with Crippen molar-refractivity contribution in [3.05, 3.63) is 34.1 Å². The summed E-state index contributed by atoms with van der Waals surface area (Å²) in [5.41, 5.74) is 0.741. The molecule has 2 nitrogen and oxygen atoms in total. The number of likely N-dealkylation sites (tertiary alicyclic amines) is 1. The first kappa shape index (κ1) is 15.9. The van der Waals surface area contributed by atoms with Crippen LogP contribution in [-0.2, 0) is 6.54 Å². The highest BCUT2D eigenvalue weighted by Crippen LogP contribution is 2.24. The Balaban J connectivity index is 2.10. The Hall–Kier alpha value is -0.450. The maximum atomic E-state index is 14.0. The lowest BCUT2D eigenvalue weighted by atomic mass is 10.0. The van der Waals surface area contributed by atoms with Gasteiger partial charge in [-0.05, 0) is 44.9 Å². The van der Waals surface area contributed by atoms with E-state index in [1.54, 1.807) is 0 Å². The quantitative estimate of drug-likeness (QED) is 0.889. The Labute approximate surface area is 129 Å². The molecule has 2 rings (SSSR count). The third kappa shape index (κ3) is 4.54. The molecule has 0 radical (unpaired) electrons. The average molecular weight is 344 g/mol. The monoisotopic (exact) mass is 343 g/mol. The highest BCUT2D eigenvalue weighted by atomic mass is 79.9. The van der Waals surface area contributed by atoms with Crippen LogP contribution < -0.4 is 0 Å². The van der Waals surface area contributed by atoms with E-state index in [0.29, 0.717) is 12.6 Å². The molecule has 0 bridgehead atoms. The maximum absolute atomic E-state index is 14.0. The van der Waals surface area contributed by atoms with Crippen LogP contribution in [0.5, 0.6) is 0 Å². The van der Waals surface area contributed by atoms with Gasteiger partial charge in [0, 0.05) is 22.6 Å². The molecule has 0 saturated carbocycles. The van der Waals surface area contributed by atoms with E-state index >= 15 is 0 Å². The summed E-state index contributed by atoms with van der Waals surface area (Å²) in [5.74, 6) is -0.153. The smallest absolute Gasteiger partial charge is 0.128 e. The fraction of sp³-hybridized carbons (Fsp3) is 0.625. The number of hydrogen-bond donors (Lipinski definition) is 1. The van der Waals surface area contributed by atoms with Crippen LogP contribution in [-0.4, -0.2) is 28.7 Å². The summed E-state index contributed by atoms with van der Waals surface area (Å²) in [6.07, 6.45) is 5.18. The predicted octanol–water partition coefficient (Wildman–Crippen LogP) is 4.10. The minimum Gasteiger partial charge on any atom is -0.393 e. The predicted molar refractivity (Wildman–Crippen MR) is 83.1 cm³/mol. The van der Waals surface area contributed by atoms with E-state index in [-0.39, 0.29) is 11.9 Å². The lowest BCUT2D eigenvalue weighted by Crippen LogP contribution is -2.36. The molecule has 4 heteroatoms. The first-order valence-electron chi connectivity index (χ1n) is 7.42. The van der Waals surface area contributed by atoms with Crippen LogP contribution in [0.2, 0.25) is 0 Å². The van der Waals surface area contributed by atoms with Crippen LogP contribution in [0.1, 0.15) is 44.6 Å². The summed E-state index contributed by atoms with van der Waals surface area (Å²) in [6, 6.07) is 5.63. The van der Waals surface area contributed by atoms with Gasteiger partial charge in [-0.2, -0.15) is 0 Å². The standard InChI is InChI=1S/C16H23BrFNO/c1-12(20)9-15-5-3-2-4-8-19(15)11-13-6-7-14(17)10-16(13)18/h6-7,10,12,15,20H,2-5,8-9,11H2,1H3. The molecule has 0 spiro atoms. The molecule has 1 saturated heterocycles. The number of hydrogen-bond acceptors (Lipinski definition) is 2. The van der Waals surface area contributed by atoms with Crippen LogP contribution >= 0.6 is 15.9 Å². The highest BCUT2D eigenvalue weighted by Gasteiger charge is 2.23. The first-order valence-corrected chi connectivity index (χ1v) is 8.21. The van der Waals surface area contributed by atoms with Gasteiger partial charge in [0.15, 0.2) is 0 Å². The number of rotatable bonds is 4. The summed E-state index contributed by atoms with van der Waals surface area (Å²) in [4.78, 5) is 2.34. The van der Waals surface area contributed by atoms with Crippen molar-refractivity contribution >= 4 is 15.9 Å². The first-order chi connectivity index (χ1) is 9.56. The van der Waals surface area contributed by atoms with Crippen molar-refractivity contribution in [2.24, 2.45) is 0 Å². The van der Waals surface area contributed by atoms with Crippen molar-refractivity contribution in [3.63, 3.8) is 0 Å². The van der Waals surface area contributed by atoms with Crippen molar-refractivity contribution in [1.29, 1.82) is 0 Å². The SMILES string of the molecule is CC(O)CC1CCCCCN1Cc1ccc(Br)cc1F. The van der Waals surface area contributed by atoms with Gasteiger partial charge in [0.25, 0.3) is 0 Å². The molecule has 1 aliphatic heterocycles. The number of halogens is 2. The molecule has 20 heavy (non-hydrogen) atoms. The van der Waals surface area contributed by atoms with Crippen molar-refractivity contribution < 1.29 is 9.50 Å². The van der Waals surface area contributed by atoms with Crippen LogP contribution in [0.15, 0.2) is 22.7 Å². The molecule has 112 valence electrons. The third-order valence-electron chi connectivity index (χ3n) is 4.00. The summed E-state index contributed by atoms with van der Waals surface area (Å²) >= 11 is 3.29. The number of nitrogens with zero attached hydrogens (tertiary/aromatic N) is 1. The fourth-order valence-corrected chi connectivity index (χ4v) is 3.31. The molecule has 0 aliphatic carbocycles. The second kappa shape index (κ2) is 7.53. The van der Waals surface area contributed by atoms with Gasteiger partial charge in [-0.25, -0.2) is 4.39 Å². The Morgan fingerprint density at radius 2 is 2.20 bits per heavy atom. The lowest BCUT2D eigenvalue weighted by Gasteiger charge is -2.31. The molecular formula is C16H23BrFNO. The Morgan fingerprint density at radius 1 is 1.40 bits per heavy atom. The summed E-state index contributed by atoms with van der Waals surface area (Å²) < 4.78 is 14.8. The molecule has 0 aromatic heterocycles. The minimum absolute atomic E-state index is 0.153. The van der Waals surface area contributed by atoms with Gasteiger partial charge in [-0.15, -0.1) is 0 Å². The van der Waals surface area contributed by atoms with Crippen LogP contribution in [0, 0.1) is 5.82 Å². The van der Waals surface area contributed by atoms with Gasteiger partial charge in [-0.1, -0.05) is 34.8 Å². The number of aliphatic hydroxyl groups excluding tert-OH is 1. The van der Waals surface area contributed by atoms with Crippen molar-refractivity contribution in [2.45, 2.75) is 57.7 Å². The Bertz CT molecular complexity index is 438. The largest absolute Gasteiger partial charge is 0.393 e. The topological polar surface area (TPSA) is 23.5 Å². The molecule has 2 unspecified atom stereocenters. The summed E-state index contributed by atoms with van der Waals surface area (Å²) in [5, 5.41) is 9.66. The van der Waals surface area contributed by atoms with Crippen molar-refractivity contribution in [1.82, 2.24) is 4.90 Å². The van der Waals surface area contributed by atoms with Crippen molar-refractivity contribution in [3.8, 4) is 0 Å². The number of benzene rings is 1. The minimum atomic E-state index is -0.296. The average Bonchev–Trinajstić information content (AvgIpc) is 2.58. The second-order valence-electron chi connectivity index (χ2n) is 5.79. The van der Waals surface area contributed by atoms with Crippen LogP contribution in [0.3, 0.4) is 0 Å². The number of aliphatic hydroxyl groups is 1. The highest BCUT2D eigenvalue weighted by molar-refractivity contribution is 9.10. The van der Waals surface area contributed by atoms with E-state index in [1.165, 1.54) is 18.9 Å². The van der Waals surface area contributed by atoms with E-state index in [2.05, 4.69) is 20.8 Å². The molecule has 1 aromatic carbocycles. The Morgan fingerprint density at radius 3 is 2.90 bits per heavy atom. The summed E-state index contributed by atoms with van der Waals surface area (Å²) in [6.45, 7) is 3.46. The molecule has 0 amide bonds. The van der Waals surface area contributed by atoms with E-state index in [4.69, 9.17) is 0 Å². The molecule has 2 atom stereocenters. The zero-order valence-electron chi connectivity index (χ0n) is 12.0. The van der Waals surface area contributed by atoms with Gasteiger partial charge >= 0.3 is 0 Å². The molecular weight excluding hydrogens is 321 g/mol. The normalized spacial score (nSPS) is 22.5. The zero-order valence-corrected chi connectivity index (χ0v) is 13.6. The van der Waals surface area contributed by atoms with Gasteiger partial charge in [-0.3, -0.25) is 4.90 Å². The third-order valence-corrected chi connectivity index (χ3v) is 4.49. The van der Waals surface area contributed by atoms with Gasteiger partial charge < -0.3 is 5.11 Å². The fourth-order valence-electron chi connectivity index (χ4n) is 2.97. The van der Waals surface area contributed by atoms with E-state index in [9.17, 15) is 9.50 Å². The van der Waals surface area contributed by atoms with E-state index in [0.717, 1.165) is 35.8 Å². The Kier molecular flexibility index (Phi) is 6.00. The van der Waals surface area contributed by atoms with Gasteiger partial charge in [0.2, 0.25) is 0 Å². The maximum Gasteiger partial charge on any atom is 0.128 e. The molecule has 1 aliphatic rings. The molecule has 1 aromatic rings. The lowest BCUT2D eigenvalue weighted by molar-refractivity contribution is 0.107. The van der Waals surface area contributed by atoms with E-state index in [1.807, 2.05) is 19.1 Å².